The van der Waals surface area contributed by atoms with Gasteiger partial charge in [-0.2, -0.15) is 0 Å². The van der Waals surface area contributed by atoms with Gasteiger partial charge in [-0.05, 0) is 36.5 Å². The lowest BCUT2D eigenvalue weighted by molar-refractivity contribution is 0.0341. The molecule has 0 aromatic heterocycles. The number of hydrogen-bond donors (Lipinski definition) is 1. The molecule has 0 unspecified atom stereocenters. The molecule has 2 aliphatic rings. The summed E-state index contributed by atoms with van der Waals surface area (Å²) < 4.78 is 5.40. The van der Waals surface area contributed by atoms with E-state index in [2.05, 4.69) is 17.9 Å². The van der Waals surface area contributed by atoms with Crippen LogP contribution in [0.25, 0.3) is 0 Å². The molecule has 5 nitrogen and oxygen atoms in total. The Kier molecular flexibility index (Phi) is 5.87. The Bertz CT molecular complexity index is 557. The van der Waals surface area contributed by atoms with E-state index in [9.17, 15) is 4.79 Å². The smallest absolute Gasteiger partial charge is 0.254 e. The summed E-state index contributed by atoms with van der Waals surface area (Å²) in [5.74, 6) is 0.602. The molecule has 5 heteroatoms. The molecule has 2 aliphatic heterocycles. The molecule has 0 radical (unpaired) electrons. The second-order valence-electron chi connectivity index (χ2n) is 7.01. The first-order valence-electron chi connectivity index (χ1n) is 9.09. The topological polar surface area (TPSA) is 58.8 Å². The van der Waals surface area contributed by atoms with Crippen molar-refractivity contribution in [3.8, 4) is 0 Å². The first-order chi connectivity index (χ1) is 11.7. The minimum Gasteiger partial charge on any atom is -0.379 e. The fraction of sp³-hybridized carbons (Fsp3) is 0.632. The van der Waals surface area contributed by atoms with Gasteiger partial charge < -0.3 is 15.4 Å². The number of rotatable bonds is 4. The van der Waals surface area contributed by atoms with Crippen LogP contribution in [0.4, 0.5) is 0 Å². The number of ether oxygens (including phenoxy) is 1. The van der Waals surface area contributed by atoms with Gasteiger partial charge in [-0.3, -0.25) is 9.69 Å². The summed E-state index contributed by atoms with van der Waals surface area (Å²) in [6.07, 6.45) is 2.22. The number of benzene rings is 1. The van der Waals surface area contributed by atoms with Crippen LogP contribution in [0.2, 0.25) is 0 Å². The summed E-state index contributed by atoms with van der Waals surface area (Å²) in [5, 5.41) is 0. The van der Waals surface area contributed by atoms with Crippen molar-refractivity contribution in [3.63, 3.8) is 0 Å². The van der Waals surface area contributed by atoms with Crippen LogP contribution in [0.1, 0.15) is 35.7 Å². The van der Waals surface area contributed by atoms with Crippen LogP contribution in [0.15, 0.2) is 24.3 Å². The maximum Gasteiger partial charge on any atom is 0.254 e. The third kappa shape index (κ3) is 3.97. The Hall–Kier alpha value is -1.43. The summed E-state index contributed by atoms with van der Waals surface area (Å²) in [7, 11) is 0. The van der Waals surface area contributed by atoms with Crippen LogP contribution in [0.5, 0.6) is 0 Å². The first kappa shape index (κ1) is 17.4. The lowest BCUT2D eigenvalue weighted by Crippen LogP contribution is -2.51. The second-order valence-corrected chi connectivity index (χ2v) is 7.01. The Morgan fingerprint density at radius 3 is 2.83 bits per heavy atom. The van der Waals surface area contributed by atoms with Gasteiger partial charge in [0.1, 0.15) is 0 Å². The van der Waals surface area contributed by atoms with Gasteiger partial charge in [-0.1, -0.05) is 19.1 Å². The van der Waals surface area contributed by atoms with Crippen LogP contribution in [0.3, 0.4) is 0 Å². The minimum atomic E-state index is 0.126. The van der Waals surface area contributed by atoms with E-state index in [-0.39, 0.29) is 11.9 Å². The summed E-state index contributed by atoms with van der Waals surface area (Å²) in [5.41, 5.74) is 7.92. The molecule has 1 amide bonds. The number of nitrogens with zero attached hydrogens (tertiary/aromatic N) is 2. The van der Waals surface area contributed by atoms with Crippen LogP contribution in [-0.2, 0) is 11.3 Å². The van der Waals surface area contributed by atoms with Gasteiger partial charge in [0.15, 0.2) is 0 Å². The minimum absolute atomic E-state index is 0.126. The Balaban J connectivity index is 1.71. The normalized spacial score (nSPS) is 25.7. The highest BCUT2D eigenvalue weighted by Crippen LogP contribution is 2.24. The standard InChI is InChI=1S/C19H29N3O2/c1-15-4-3-7-22(18(15)13-20)19(23)17-6-2-5-16(12-17)14-21-8-10-24-11-9-21/h2,5-6,12,15,18H,3-4,7-11,13-14,20H2,1H3/t15-,18-/m1/s1. The third-order valence-corrected chi connectivity index (χ3v) is 5.30. The zero-order valence-electron chi connectivity index (χ0n) is 14.6. The van der Waals surface area contributed by atoms with Crippen molar-refractivity contribution in [2.45, 2.75) is 32.4 Å². The largest absolute Gasteiger partial charge is 0.379 e. The molecule has 2 N–H and O–H groups in total. The van der Waals surface area contributed by atoms with Gasteiger partial charge in [0.05, 0.1) is 13.2 Å². The van der Waals surface area contributed by atoms with Crippen LogP contribution >= 0.6 is 0 Å². The molecular weight excluding hydrogens is 302 g/mol. The fourth-order valence-electron chi connectivity index (χ4n) is 3.85. The van der Waals surface area contributed by atoms with Crippen molar-refractivity contribution in [1.82, 2.24) is 9.80 Å². The van der Waals surface area contributed by atoms with Crippen molar-refractivity contribution in [1.29, 1.82) is 0 Å². The van der Waals surface area contributed by atoms with Crippen molar-refractivity contribution >= 4 is 5.91 Å². The molecule has 2 saturated heterocycles. The van der Waals surface area contributed by atoms with E-state index in [4.69, 9.17) is 10.5 Å². The predicted molar refractivity (Wildman–Crippen MR) is 94.8 cm³/mol. The number of likely N-dealkylation sites (tertiary alicyclic amines) is 1. The van der Waals surface area contributed by atoms with Gasteiger partial charge in [0, 0.05) is 44.3 Å². The third-order valence-electron chi connectivity index (χ3n) is 5.30. The molecule has 0 aliphatic carbocycles. The summed E-state index contributed by atoms with van der Waals surface area (Å²) in [6, 6.07) is 8.23. The quantitative estimate of drug-likeness (QED) is 0.913. The van der Waals surface area contributed by atoms with Gasteiger partial charge in [0.25, 0.3) is 5.91 Å². The molecule has 0 bridgehead atoms. The van der Waals surface area contributed by atoms with E-state index in [0.717, 1.165) is 57.8 Å². The molecule has 132 valence electrons. The van der Waals surface area contributed by atoms with E-state index in [1.807, 2.05) is 23.1 Å². The highest BCUT2D eigenvalue weighted by atomic mass is 16.5. The number of piperidine rings is 1. The van der Waals surface area contributed by atoms with Gasteiger partial charge in [0.2, 0.25) is 0 Å². The summed E-state index contributed by atoms with van der Waals surface area (Å²) in [4.78, 5) is 17.4. The molecular formula is C19H29N3O2. The monoisotopic (exact) mass is 331 g/mol. The zero-order chi connectivity index (χ0) is 16.9. The maximum atomic E-state index is 13.0. The molecule has 2 atom stereocenters. The summed E-state index contributed by atoms with van der Waals surface area (Å²) >= 11 is 0. The number of amides is 1. The molecule has 2 heterocycles. The SMILES string of the molecule is C[C@@H]1CCCN(C(=O)c2cccc(CN3CCOCC3)c2)[C@@H]1CN. The molecule has 3 rings (SSSR count). The van der Waals surface area contributed by atoms with Crippen LogP contribution < -0.4 is 5.73 Å². The molecule has 24 heavy (non-hydrogen) atoms. The number of morpholine rings is 1. The van der Waals surface area contributed by atoms with E-state index < -0.39 is 0 Å². The van der Waals surface area contributed by atoms with E-state index in [1.165, 1.54) is 5.56 Å². The average molecular weight is 331 g/mol. The summed E-state index contributed by atoms with van der Waals surface area (Å²) in [6.45, 7) is 7.94. The van der Waals surface area contributed by atoms with Gasteiger partial charge in [-0.15, -0.1) is 0 Å². The highest BCUT2D eigenvalue weighted by molar-refractivity contribution is 5.94. The van der Waals surface area contributed by atoms with Crippen molar-refractivity contribution < 1.29 is 9.53 Å². The predicted octanol–water partition coefficient (Wildman–Crippen LogP) is 1.72. The Morgan fingerprint density at radius 1 is 1.29 bits per heavy atom. The Morgan fingerprint density at radius 2 is 2.08 bits per heavy atom. The number of hydrogen-bond acceptors (Lipinski definition) is 4. The number of carbonyl (C=O) groups is 1. The number of carbonyl (C=O) groups excluding carboxylic acids is 1. The van der Waals surface area contributed by atoms with Crippen LogP contribution in [0, 0.1) is 5.92 Å². The van der Waals surface area contributed by atoms with Gasteiger partial charge >= 0.3 is 0 Å². The molecule has 2 fully saturated rings. The fourth-order valence-corrected chi connectivity index (χ4v) is 3.85. The lowest BCUT2D eigenvalue weighted by atomic mass is 9.90. The highest BCUT2D eigenvalue weighted by Gasteiger charge is 2.31. The molecule has 0 saturated carbocycles. The Labute approximate surface area is 144 Å². The number of nitrogens with two attached hydrogens (primary N) is 1. The van der Waals surface area contributed by atoms with Gasteiger partial charge in [-0.25, -0.2) is 0 Å². The maximum absolute atomic E-state index is 13.0. The first-order valence-corrected chi connectivity index (χ1v) is 9.09. The van der Waals surface area contributed by atoms with Crippen molar-refractivity contribution in [2.75, 3.05) is 39.4 Å². The van der Waals surface area contributed by atoms with E-state index >= 15 is 0 Å². The zero-order valence-corrected chi connectivity index (χ0v) is 14.6. The average Bonchev–Trinajstić information content (AvgIpc) is 2.62. The van der Waals surface area contributed by atoms with Crippen molar-refractivity contribution in [3.05, 3.63) is 35.4 Å². The van der Waals surface area contributed by atoms with Crippen LogP contribution in [-0.4, -0.2) is 61.1 Å². The molecule has 0 spiro atoms. The second kappa shape index (κ2) is 8.10. The van der Waals surface area contributed by atoms with E-state index in [0.29, 0.717) is 12.5 Å². The van der Waals surface area contributed by atoms with Crippen molar-refractivity contribution in [2.24, 2.45) is 11.7 Å². The lowest BCUT2D eigenvalue weighted by Gasteiger charge is -2.39. The molecule has 1 aromatic rings. The molecule has 1 aromatic carbocycles. The van der Waals surface area contributed by atoms with E-state index in [1.54, 1.807) is 0 Å².